The van der Waals surface area contributed by atoms with Gasteiger partial charge in [0.05, 0.1) is 25.7 Å². The summed E-state index contributed by atoms with van der Waals surface area (Å²) in [6, 6.07) is 18.8. The smallest absolute Gasteiger partial charge is 0.250 e. The number of methoxy groups -OCH3 is 2. The van der Waals surface area contributed by atoms with Crippen molar-refractivity contribution < 1.29 is 14.3 Å². The Bertz CT molecular complexity index is 1310. The Balaban J connectivity index is 1.55. The van der Waals surface area contributed by atoms with Gasteiger partial charge in [0, 0.05) is 29.2 Å². The number of carbonyl (C=O) groups excluding carboxylic acids is 1. The van der Waals surface area contributed by atoms with Crippen molar-refractivity contribution in [1.29, 1.82) is 0 Å². The standard InChI is InChI=1S/C25H24N6O3S/c1-17(18-12-14-26-15-13-18)27-28-23(32)16-35-25-30-29-24(19-4-8-21(33-2)9-5-19)31(25)20-6-10-22(34-3)11-7-20/h4-15H,16H2,1-3H3,(H,28,32)/b27-17-. The average Bonchev–Trinajstić information content (AvgIpc) is 3.35. The normalized spacial score (nSPS) is 11.2. The first-order valence-corrected chi connectivity index (χ1v) is 11.7. The van der Waals surface area contributed by atoms with Gasteiger partial charge in [0.1, 0.15) is 11.5 Å². The fourth-order valence-corrected chi connectivity index (χ4v) is 3.97. The van der Waals surface area contributed by atoms with E-state index in [0.29, 0.717) is 16.7 Å². The van der Waals surface area contributed by atoms with Gasteiger partial charge >= 0.3 is 0 Å². The Labute approximate surface area is 207 Å². The molecular weight excluding hydrogens is 464 g/mol. The number of ether oxygens (including phenoxy) is 2. The van der Waals surface area contributed by atoms with Crippen LogP contribution in [0.25, 0.3) is 17.1 Å². The maximum atomic E-state index is 12.5. The van der Waals surface area contributed by atoms with Crippen LogP contribution in [0.5, 0.6) is 11.5 Å². The molecule has 0 saturated carbocycles. The van der Waals surface area contributed by atoms with Crippen molar-refractivity contribution >= 4 is 23.4 Å². The second kappa shape index (κ2) is 11.3. The molecule has 0 atom stereocenters. The van der Waals surface area contributed by atoms with Gasteiger partial charge < -0.3 is 9.47 Å². The van der Waals surface area contributed by atoms with Crippen molar-refractivity contribution in [3.05, 3.63) is 78.6 Å². The number of aromatic nitrogens is 4. The summed E-state index contributed by atoms with van der Waals surface area (Å²) in [6.07, 6.45) is 3.36. The summed E-state index contributed by atoms with van der Waals surface area (Å²) in [4.78, 5) is 16.5. The molecule has 0 bridgehead atoms. The summed E-state index contributed by atoms with van der Waals surface area (Å²) in [5, 5.41) is 13.5. The molecule has 0 aliphatic rings. The van der Waals surface area contributed by atoms with E-state index < -0.39 is 0 Å². The predicted molar refractivity (Wildman–Crippen MR) is 135 cm³/mol. The van der Waals surface area contributed by atoms with Crippen molar-refractivity contribution in [2.24, 2.45) is 5.10 Å². The molecule has 35 heavy (non-hydrogen) atoms. The van der Waals surface area contributed by atoms with Crippen LogP contribution in [0.3, 0.4) is 0 Å². The minimum atomic E-state index is -0.251. The Hall–Kier alpha value is -4.18. The zero-order chi connectivity index (χ0) is 24.6. The van der Waals surface area contributed by atoms with Crippen molar-refractivity contribution in [2.75, 3.05) is 20.0 Å². The molecule has 4 rings (SSSR count). The highest BCUT2D eigenvalue weighted by molar-refractivity contribution is 7.99. The molecule has 0 saturated heterocycles. The highest BCUT2D eigenvalue weighted by Crippen LogP contribution is 2.29. The molecule has 2 aromatic carbocycles. The fraction of sp³-hybridized carbons (Fsp3) is 0.160. The molecule has 1 N–H and O–H groups in total. The van der Waals surface area contributed by atoms with E-state index in [9.17, 15) is 4.79 Å². The van der Waals surface area contributed by atoms with E-state index in [2.05, 4.69) is 25.7 Å². The third-order valence-corrected chi connectivity index (χ3v) is 6.02. The van der Waals surface area contributed by atoms with Gasteiger partial charge in [-0.15, -0.1) is 10.2 Å². The number of thioether (sulfide) groups is 1. The molecule has 1 amide bonds. The minimum absolute atomic E-state index is 0.115. The van der Waals surface area contributed by atoms with Gasteiger partial charge in [-0.2, -0.15) is 5.10 Å². The van der Waals surface area contributed by atoms with Crippen LogP contribution in [0.4, 0.5) is 0 Å². The van der Waals surface area contributed by atoms with Crippen molar-refractivity contribution in [1.82, 2.24) is 25.2 Å². The number of rotatable bonds is 9. The summed E-state index contributed by atoms with van der Waals surface area (Å²) in [6.45, 7) is 1.82. The molecule has 0 radical (unpaired) electrons. The van der Waals surface area contributed by atoms with Gasteiger partial charge in [0.25, 0.3) is 5.91 Å². The van der Waals surface area contributed by atoms with Crippen molar-refractivity contribution in [2.45, 2.75) is 12.1 Å². The number of nitrogens with one attached hydrogen (secondary N) is 1. The number of benzene rings is 2. The lowest BCUT2D eigenvalue weighted by Crippen LogP contribution is -2.21. The molecular formula is C25H24N6O3S. The monoisotopic (exact) mass is 488 g/mol. The number of nitrogens with zero attached hydrogens (tertiary/aromatic N) is 5. The van der Waals surface area contributed by atoms with E-state index in [-0.39, 0.29) is 11.7 Å². The highest BCUT2D eigenvalue weighted by atomic mass is 32.2. The highest BCUT2D eigenvalue weighted by Gasteiger charge is 2.17. The molecule has 0 unspecified atom stereocenters. The Morgan fingerprint density at radius 3 is 2.20 bits per heavy atom. The predicted octanol–water partition coefficient (Wildman–Crippen LogP) is 3.98. The van der Waals surface area contributed by atoms with Crippen LogP contribution in [0.2, 0.25) is 0 Å². The van der Waals surface area contributed by atoms with Crippen LogP contribution >= 0.6 is 11.8 Å². The van der Waals surface area contributed by atoms with Gasteiger partial charge in [-0.05, 0) is 67.6 Å². The second-order valence-electron chi connectivity index (χ2n) is 7.32. The molecule has 0 aliphatic carbocycles. The van der Waals surface area contributed by atoms with E-state index in [1.165, 1.54) is 11.8 Å². The lowest BCUT2D eigenvalue weighted by Gasteiger charge is -2.11. The lowest BCUT2D eigenvalue weighted by atomic mass is 10.2. The lowest BCUT2D eigenvalue weighted by molar-refractivity contribution is -0.118. The summed E-state index contributed by atoms with van der Waals surface area (Å²) in [5.41, 5.74) is 5.88. The third kappa shape index (κ3) is 5.85. The number of pyridine rings is 1. The Morgan fingerprint density at radius 2 is 1.57 bits per heavy atom. The maximum absolute atomic E-state index is 12.5. The van der Waals surface area contributed by atoms with Gasteiger partial charge in [0.2, 0.25) is 0 Å². The third-order valence-electron chi connectivity index (χ3n) is 5.09. The summed E-state index contributed by atoms with van der Waals surface area (Å²) in [7, 11) is 3.24. The SMILES string of the molecule is COc1ccc(-c2nnc(SCC(=O)N/N=C(/C)c3ccncc3)n2-c2ccc(OC)cc2)cc1. The maximum Gasteiger partial charge on any atom is 0.250 e. The summed E-state index contributed by atoms with van der Waals surface area (Å²) >= 11 is 1.27. The molecule has 2 aromatic heterocycles. The quantitative estimate of drug-likeness (QED) is 0.216. The number of hydrogen-bond acceptors (Lipinski definition) is 8. The molecule has 10 heteroatoms. The number of hydrogen-bond donors (Lipinski definition) is 1. The zero-order valence-corrected chi connectivity index (χ0v) is 20.3. The molecule has 9 nitrogen and oxygen atoms in total. The van der Waals surface area contributed by atoms with Crippen LogP contribution in [-0.2, 0) is 4.79 Å². The number of amides is 1. The minimum Gasteiger partial charge on any atom is -0.497 e. The fourth-order valence-electron chi connectivity index (χ4n) is 3.22. The first-order valence-electron chi connectivity index (χ1n) is 10.7. The van der Waals surface area contributed by atoms with E-state index in [1.807, 2.05) is 72.2 Å². The van der Waals surface area contributed by atoms with Gasteiger partial charge in [-0.25, -0.2) is 5.43 Å². The van der Waals surface area contributed by atoms with Crippen LogP contribution in [-0.4, -0.2) is 51.3 Å². The molecule has 178 valence electrons. The van der Waals surface area contributed by atoms with Gasteiger partial charge in [-0.3, -0.25) is 14.3 Å². The summed E-state index contributed by atoms with van der Waals surface area (Å²) < 4.78 is 12.5. The van der Waals surface area contributed by atoms with Crippen LogP contribution in [0, 0.1) is 0 Å². The topological polar surface area (TPSA) is 104 Å². The first kappa shape index (κ1) is 24.0. The molecule has 4 aromatic rings. The molecule has 0 aliphatic heterocycles. The van der Waals surface area contributed by atoms with Crippen LogP contribution in [0.1, 0.15) is 12.5 Å². The van der Waals surface area contributed by atoms with E-state index in [0.717, 1.165) is 28.3 Å². The Morgan fingerprint density at radius 1 is 0.943 bits per heavy atom. The van der Waals surface area contributed by atoms with E-state index >= 15 is 0 Å². The van der Waals surface area contributed by atoms with Gasteiger partial charge in [0.15, 0.2) is 11.0 Å². The first-order chi connectivity index (χ1) is 17.1. The van der Waals surface area contributed by atoms with Crippen LogP contribution < -0.4 is 14.9 Å². The van der Waals surface area contributed by atoms with Gasteiger partial charge in [-0.1, -0.05) is 11.8 Å². The largest absolute Gasteiger partial charge is 0.497 e. The van der Waals surface area contributed by atoms with Crippen molar-refractivity contribution in [3.8, 4) is 28.6 Å². The summed E-state index contributed by atoms with van der Waals surface area (Å²) in [5.74, 6) is 2.00. The number of carbonyl (C=O) groups is 1. The van der Waals surface area contributed by atoms with E-state index in [1.54, 1.807) is 26.6 Å². The number of hydrazone groups is 1. The Kier molecular flexibility index (Phi) is 7.74. The van der Waals surface area contributed by atoms with E-state index in [4.69, 9.17) is 9.47 Å². The zero-order valence-electron chi connectivity index (χ0n) is 19.5. The molecule has 0 fully saturated rings. The molecule has 0 spiro atoms. The van der Waals surface area contributed by atoms with Crippen molar-refractivity contribution in [3.63, 3.8) is 0 Å². The molecule has 2 heterocycles. The second-order valence-corrected chi connectivity index (χ2v) is 8.27. The average molecular weight is 489 g/mol. The van der Waals surface area contributed by atoms with Crippen LogP contribution in [0.15, 0.2) is 83.3 Å².